The molecule has 0 amide bonds. The minimum absolute atomic E-state index is 0.214. The Labute approximate surface area is 168 Å². The molecule has 3 aromatic rings. The zero-order chi connectivity index (χ0) is 20.4. The van der Waals surface area contributed by atoms with Crippen LogP contribution in [0.3, 0.4) is 0 Å². The van der Waals surface area contributed by atoms with Crippen molar-refractivity contribution in [3.63, 3.8) is 0 Å². The second-order valence-corrected chi connectivity index (χ2v) is 6.58. The summed E-state index contributed by atoms with van der Waals surface area (Å²) in [5.74, 6) is 1.19. The molecule has 4 rings (SSSR count). The van der Waals surface area contributed by atoms with Gasteiger partial charge in [0.05, 0.1) is 45.6 Å². The molecule has 8 heteroatoms. The second-order valence-electron chi connectivity index (χ2n) is 6.58. The van der Waals surface area contributed by atoms with Crippen molar-refractivity contribution in [3.8, 4) is 22.9 Å². The lowest BCUT2D eigenvalue weighted by molar-refractivity contribution is 0.122. The van der Waals surface area contributed by atoms with Crippen LogP contribution in [-0.2, 0) is 4.74 Å². The highest BCUT2D eigenvalue weighted by molar-refractivity contribution is 5.89. The normalized spacial score (nSPS) is 14.1. The maximum absolute atomic E-state index is 13.2. The minimum Gasteiger partial charge on any atom is -0.493 e. The van der Waals surface area contributed by atoms with Gasteiger partial charge in [0, 0.05) is 18.8 Å². The van der Waals surface area contributed by atoms with E-state index in [4.69, 9.17) is 18.9 Å². The van der Waals surface area contributed by atoms with Gasteiger partial charge in [-0.1, -0.05) is 0 Å². The van der Waals surface area contributed by atoms with Crippen molar-refractivity contribution in [2.75, 3.05) is 52.5 Å². The molecule has 0 radical (unpaired) electrons. The number of rotatable bonds is 5. The van der Waals surface area contributed by atoms with E-state index in [1.165, 1.54) is 32.2 Å². The molecule has 0 spiro atoms. The number of ether oxygens (including phenoxy) is 4. The van der Waals surface area contributed by atoms with Crippen LogP contribution < -0.4 is 24.7 Å². The van der Waals surface area contributed by atoms with E-state index in [1.54, 1.807) is 6.07 Å². The summed E-state index contributed by atoms with van der Waals surface area (Å²) in [5.41, 5.74) is 2.05. The van der Waals surface area contributed by atoms with Gasteiger partial charge in [-0.3, -0.25) is 9.36 Å². The largest absolute Gasteiger partial charge is 0.493 e. The molecular formula is C21H23N3O5. The fourth-order valence-corrected chi connectivity index (χ4v) is 3.56. The monoisotopic (exact) mass is 397 g/mol. The van der Waals surface area contributed by atoms with Crippen molar-refractivity contribution in [3.05, 3.63) is 47.0 Å². The first-order valence-corrected chi connectivity index (χ1v) is 9.31. The number of aromatic nitrogens is 2. The van der Waals surface area contributed by atoms with Gasteiger partial charge < -0.3 is 23.8 Å². The molecule has 0 N–H and O–H groups in total. The van der Waals surface area contributed by atoms with E-state index >= 15 is 0 Å². The number of fused-ring (bicyclic) bond motifs is 1. The summed E-state index contributed by atoms with van der Waals surface area (Å²) in [4.78, 5) is 19.9. The second kappa shape index (κ2) is 8.00. The number of benzene rings is 2. The smallest absolute Gasteiger partial charge is 0.266 e. The maximum Gasteiger partial charge on any atom is 0.266 e. The van der Waals surface area contributed by atoms with Gasteiger partial charge in [-0.05, 0) is 30.3 Å². The number of hydrogen-bond donors (Lipinski definition) is 0. The van der Waals surface area contributed by atoms with E-state index < -0.39 is 0 Å². The van der Waals surface area contributed by atoms with Crippen LogP contribution in [0.2, 0.25) is 0 Å². The van der Waals surface area contributed by atoms with Gasteiger partial charge in [0.25, 0.3) is 5.56 Å². The number of anilines is 1. The molecule has 152 valence electrons. The molecule has 0 bridgehead atoms. The molecule has 2 heterocycles. The predicted molar refractivity (Wildman–Crippen MR) is 110 cm³/mol. The van der Waals surface area contributed by atoms with Crippen LogP contribution in [0, 0.1) is 0 Å². The Morgan fingerprint density at radius 3 is 2.21 bits per heavy atom. The quantitative estimate of drug-likeness (QED) is 0.654. The van der Waals surface area contributed by atoms with Crippen LogP contribution in [-0.4, -0.2) is 57.2 Å². The van der Waals surface area contributed by atoms with Crippen molar-refractivity contribution in [2.24, 2.45) is 0 Å². The zero-order valence-electron chi connectivity index (χ0n) is 16.7. The summed E-state index contributed by atoms with van der Waals surface area (Å²) in [7, 11) is 4.54. The van der Waals surface area contributed by atoms with Crippen LogP contribution >= 0.6 is 0 Å². The Morgan fingerprint density at radius 1 is 0.931 bits per heavy atom. The molecular weight excluding hydrogens is 374 g/mol. The van der Waals surface area contributed by atoms with E-state index in [0.29, 0.717) is 28.2 Å². The molecule has 1 aromatic heterocycles. The predicted octanol–water partition coefficient (Wildman–Crippen LogP) is 2.25. The van der Waals surface area contributed by atoms with Crippen molar-refractivity contribution in [1.29, 1.82) is 0 Å². The number of methoxy groups -OCH3 is 3. The fourth-order valence-electron chi connectivity index (χ4n) is 3.56. The first-order chi connectivity index (χ1) is 14.2. The zero-order valence-corrected chi connectivity index (χ0v) is 16.7. The first-order valence-electron chi connectivity index (χ1n) is 9.31. The Balaban J connectivity index is 1.78. The Morgan fingerprint density at radius 2 is 1.59 bits per heavy atom. The van der Waals surface area contributed by atoms with E-state index in [2.05, 4.69) is 9.88 Å². The Kier molecular flexibility index (Phi) is 5.26. The van der Waals surface area contributed by atoms with Crippen LogP contribution in [0.5, 0.6) is 17.2 Å². The average molecular weight is 397 g/mol. The van der Waals surface area contributed by atoms with Crippen molar-refractivity contribution in [2.45, 2.75) is 0 Å². The van der Waals surface area contributed by atoms with Gasteiger partial charge in [0.15, 0.2) is 11.5 Å². The summed E-state index contributed by atoms with van der Waals surface area (Å²) < 4.78 is 23.1. The van der Waals surface area contributed by atoms with Gasteiger partial charge in [-0.15, -0.1) is 0 Å². The molecule has 1 saturated heterocycles. The summed E-state index contributed by atoms with van der Waals surface area (Å²) in [5, 5.41) is 0.388. The Bertz CT molecular complexity index is 1070. The topological polar surface area (TPSA) is 75.1 Å². The summed E-state index contributed by atoms with van der Waals surface area (Å²) in [6.45, 7) is 3.17. The van der Waals surface area contributed by atoms with Crippen LogP contribution in [0.1, 0.15) is 0 Å². The summed E-state index contributed by atoms with van der Waals surface area (Å²) in [6.07, 6.45) is 1.50. The fraction of sp³-hybridized carbons (Fsp3) is 0.333. The highest BCUT2D eigenvalue weighted by atomic mass is 16.5. The molecule has 0 aliphatic carbocycles. The van der Waals surface area contributed by atoms with Gasteiger partial charge >= 0.3 is 0 Å². The standard InChI is InChI=1S/C21H23N3O5/c1-26-17-12-16-18(20(28-3)19(17)27-2)22-13-24(21(16)25)15-6-4-14(5-7-15)23-8-10-29-11-9-23/h4-7,12-13H,8-11H2,1-3H3. The lowest BCUT2D eigenvalue weighted by atomic mass is 10.2. The van der Waals surface area contributed by atoms with Crippen LogP contribution in [0.4, 0.5) is 5.69 Å². The highest BCUT2D eigenvalue weighted by Gasteiger charge is 2.20. The SMILES string of the molecule is COc1cc2c(=O)n(-c3ccc(N4CCOCC4)cc3)cnc2c(OC)c1OC. The van der Waals surface area contributed by atoms with Gasteiger partial charge in [-0.25, -0.2) is 4.98 Å². The molecule has 8 nitrogen and oxygen atoms in total. The number of nitrogens with zero attached hydrogens (tertiary/aromatic N) is 3. The Hall–Kier alpha value is -3.26. The van der Waals surface area contributed by atoms with Gasteiger partial charge in [-0.2, -0.15) is 0 Å². The maximum atomic E-state index is 13.2. The lowest BCUT2D eigenvalue weighted by Crippen LogP contribution is -2.36. The average Bonchev–Trinajstić information content (AvgIpc) is 2.79. The van der Waals surface area contributed by atoms with Crippen molar-refractivity contribution in [1.82, 2.24) is 9.55 Å². The molecule has 1 aliphatic rings. The molecule has 1 aliphatic heterocycles. The van der Waals surface area contributed by atoms with Crippen LogP contribution in [0.15, 0.2) is 41.5 Å². The lowest BCUT2D eigenvalue weighted by Gasteiger charge is -2.28. The van der Waals surface area contributed by atoms with E-state index in [0.717, 1.165) is 37.7 Å². The highest BCUT2D eigenvalue weighted by Crippen LogP contribution is 2.41. The third kappa shape index (κ3) is 3.36. The molecule has 1 fully saturated rings. The molecule has 0 unspecified atom stereocenters. The molecule has 29 heavy (non-hydrogen) atoms. The summed E-state index contributed by atoms with van der Waals surface area (Å²) >= 11 is 0. The summed E-state index contributed by atoms with van der Waals surface area (Å²) in [6, 6.07) is 9.47. The van der Waals surface area contributed by atoms with Crippen molar-refractivity contribution < 1.29 is 18.9 Å². The number of morpholine rings is 1. The van der Waals surface area contributed by atoms with Gasteiger partial charge in [0.2, 0.25) is 5.75 Å². The van der Waals surface area contributed by atoms with Crippen LogP contribution in [0.25, 0.3) is 16.6 Å². The van der Waals surface area contributed by atoms with E-state index in [9.17, 15) is 4.79 Å². The minimum atomic E-state index is -0.214. The molecule has 2 aromatic carbocycles. The van der Waals surface area contributed by atoms with E-state index in [-0.39, 0.29) is 5.56 Å². The first kappa shape index (κ1) is 19.1. The third-order valence-corrected chi connectivity index (χ3v) is 5.06. The number of hydrogen-bond acceptors (Lipinski definition) is 7. The van der Waals surface area contributed by atoms with Crippen molar-refractivity contribution >= 4 is 16.6 Å². The molecule has 0 saturated carbocycles. The van der Waals surface area contributed by atoms with Gasteiger partial charge in [0.1, 0.15) is 11.8 Å². The van der Waals surface area contributed by atoms with E-state index in [1.807, 2.05) is 24.3 Å². The molecule has 0 atom stereocenters. The third-order valence-electron chi connectivity index (χ3n) is 5.06.